The summed E-state index contributed by atoms with van der Waals surface area (Å²) in [5.74, 6) is 2.01. The van der Waals surface area contributed by atoms with Gasteiger partial charge in [0, 0.05) is 0 Å². The second-order valence-electron chi connectivity index (χ2n) is 5.43. The molecule has 1 aliphatic rings. The molecule has 0 radical (unpaired) electrons. The molecule has 18 heavy (non-hydrogen) atoms. The highest BCUT2D eigenvalue weighted by Crippen LogP contribution is 2.22. The molecule has 0 heterocycles. The molecule has 1 saturated carbocycles. The van der Waals surface area contributed by atoms with Gasteiger partial charge in [-0.1, -0.05) is 107 Å². The molecule has 0 aromatic rings. The fourth-order valence-corrected chi connectivity index (χ4v) is 2.32. The number of unbranched alkanes of at least 4 members (excludes halogenated alkanes) is 1. The molecule has 0 aromatic heterocycles. The summed E-state index contributed by atoms with van der Waals surface area (Å²) in [4.78, 5) is 0. The molecule has 0 amide bonds. The van der Waals surface area contributed by atoms with Crippen molar-refractivity contribution in [1.82, 2.24) is 0 Å². The van der Waals surface area contributed by atoms with Crippen LogP contribution in [0.1, 0.15) is 107 Å². The second kappa shape index (κ2) is 19.3. The molecule has 114 valence electrons. The molecular weight excluding hydrogens is 216 g/mol. The van der Waals surface area contributed by atoms with Crippen LogP contribution in [0.25, 0.3) is 0 Å². The van der Waals surface area contributed by atoms with E-state index >= 15 is 0 Å². The molecule has 1 aliphatic carbocycles. The zero-order valence-electron chi connectivity index (χ0n) is 13.5. The largest absolute Gasteiger partial charge is 0.0776 e. The summed E-state index contributed by atoms with van der Waals surface area (Å²) in [7, 11) is 0. The van der Waals surface area contributed by atoms with Crippen LogP contribution < -0.4 is 0 Å². The first-order valence-corrected chi connectivity index (χ1v) is 8.20. The van der Waals surface area contributed by atoms with Crippen LogP contribution in [0.3, 0.4) is 0 Å². The maximum Gasteiger partial charge on any atom is -0.0443 e. The van der Waals surface area contributed by atoms with Crippen LogP contribution >= 0.6 is 0 Å². The summed E-state index contributed by atoms with van der Waals surface area (Å²) < 4.78 is 0. The second-order valence-corrected chi connectivity index (χ2v) is 5.43. The Bertz CT molecular complexity index is 111. The number of rotatable bonds is 5. The molecule has 1 atom stereocenters. The molecule has 0 aromatic carbocycles. The van der Waals surface area contributed by atoms with Gasteiger partial charge in [0.2, 0.25) is 0 Å². The predicted octanol–water partition coefficient (Wildman–Crippen LogP) is 7.47. The summed E-state index contributed by atoms with van der Waals surface area (Å²) in [6.45, 7) is 13.2. The van der Waals surface area contributed by atoms with E-state index in [0.717, 1.165) is 11.8 Å². The number of hydrogen-bond acceptors (Lipinski definition) is 0. The average molecular weight is 259 g/mol. The van der Waals surface area contributed by atoms with Gasteiger partial charge in [0.05, 0.1) is 0 Å². The molecule has 0 heteroatoms. The lowest BCUT2D eigenvalue weighted by atomic mass is 10.00. The van der Waals surface area contributed by atoms with Crippen molar-refractivity contribution < 1.29 is 0 Å². The standard InChI is InChI=1S/C9H20.C6H12.C2H6.CH4/c1-4-6-8-9(3)7-5-2;1-6-4-2-3-5-6;1-2;/h9H,4-8H2,1-3H3;6H,2-5H2,1H3;1-2H3;1H4. The summed E-state index contributed by atoms with van der Waals surface area (Å²) in [6.07, 6.45) is 12.9. The zero-order chi connectivity index (χ0) is 13.5. The van der Waals surface area contributed by atoms with Gasteiger partial charge in [-0.25, -0.2) is 0 Å². The summed E-state index contributed by atoms with van der Waals surface area (Å²) in [5, 5.41) is 0. The fourth-order valence-electron chi connectivity index (χ4n) is 2.32. The van der Waals surface area contributed by atoms with Crippen LogP contribution in [0, 0.1) is 11.8 Å². The molecule has 1 unspecified atom stereocenters. The first kappa shape index (κ1) is 23.1. The minimum atomic E-state index is 0. The van der Waals surface area contributed by atoms with Crippen molar-refractivity contribution in [3.05, 3.63) is 0 Å². The minimum absolute atomic E-state index is 0. The van der Waals surface area contributed by atoms with Gasteiger partial charge in [-0.3, -0.25) is 0 Å². The smallest absolute Gasteiger partial charge is 0.0443 e. The molecule has 0 aliphatic heterocycles. The SMILES string of the molecule is C.CC.CC1CCCC1.CCCCC(C)CCC. The monoisotopic (exact) mass is 258 g/mol. The molecule has 0 saturated heterocycles. The van der Waals surface area contributed by atoms with Gasteiger partial charge in [-0.15, -0.1) is 0 Å². The van der Waals surface area contributed by atoms with E-state index in [4.69, 9.17) is 0 Å². The van der Waals surface area contributed by atoms with Gasteiger partial charge in [-0.2, -0.15) is 0 Å². The first-order chi connectivity index (χ1) is 8.20. The lowest BCUT2D eigenvalue weighted by Gasteiger charge is -2.07. The van der Waals surface area contributed by atoms with Crippen LogP contribution in [-0.2, 0) is 0 Å². The summed E-state index contributed by atoms with van der Waals surface area (Å²) in [6, 6.07) is 0. The van der Waals surface area contributed by atoms with Gasteiger partial charge in [0.15, 0.2) is 0 Å². The quantitative estimate of drug-likeness (QED) is 0.479. The summed E-state index contributed by atoms with van der Waals surface area (Å²) in [5.41, 5.74) is 0. The highest BCUT2D eigenvalue weighted by atomic mass is 14.1. The molecule has 0 nitrogen and oxygen atoms in total. The molecule has 1 rings (SSSR count). The molecular formula is C18H42. The molecule has 0 bridgehead atoms. The number of hydrogen-bond donors (Lipinski definition) is 0. The molecule has 0 N–H and O–H groups in total. The van der Waals surface area contributed by atoms with Crippen LogP contribution in [0.2, 0.25) is 0 Å². The fraction of sp³-hybridized carbons (Fsp3) is 1.00. The van der Waals surface area contributed by atoms with E-state index in [9.17, 15) is 0 Å². The van der Waals surface area contributed by atoms with E-state index < -0.39 is 0 Å². The van der Waals surface area contributed by atoms with Gasteiger partial charge < -0.3 is 0 Å². The Hall–Kier alpha value is 0. The lowest BCUT2D eigenvalue weighted by molar-refractivity contribution is 0.466. The van der Waals surface area contributed by atoms with Crippen molar-refractivity contribution in [3.63, 3.8) is 0 Å². The third-order valence-corrected chi connectivity index (χ3v) is 3.48. The van der Waals surface area contributed by atoms with Gasteiger partial charge in [0.1, 0.15) is 0 Å². The van der Waals surface area contributed by atoms with Gasteiger partial charge in [0.25, 0.3) is 0 Å². The topological polar surface area (TPSA) is 0 Å². The van der Waals surface area contributed by atoms with Crippen molar-refractivity contribution in [1.29, 1.82) is 0 Å². The Morgan fingerprint density at radius 3 is 1.72 bits per heavy atom. The first-order valence-electron chi connectivity index (χ1n) is 8.20. The Morgan fingerprint density at radius 1 is 0.944 bits per heavy atom. The maximum absolute atomic E-state index is 2.36. The summed E-state index contributed by atoms with van der Waals surface area (Å²) >= 11 is 0. The van der Waals surface area contributed by atoms with Crippen molar-refractivity contribution in [2.75, 3.05) is 0 Å². The highest BCUT2D eigenvalue weighted by Gasteiger charge is 2.07. The zero-order valence-corrected chi connectivity index (χ0v) is 13.5. The van der Waals surface area contributed by atoms with Crippen LogP contribution in [0.4, 0.5) is 0 Å². The third kappa shape index (κ3) is 18.4. The van der Waals surface area contributed by atoms with E-state index in [1.54, 1.807) is 0 Å². The van der Waals surface area contributed by atoms with E-state index in [1.165, 1.54) is 57.8 Å². The Kier molecular flexibility index (Phi) is 24.8. The Morgan fingerprint density at radius 2 is 1.44 bits per heavy atom. The van der Waals surface area contributed by atoms with Crippen molar-refractivity contribution >= 4 is 0 Å². The molecule has 0 spiro atoms. The molecule has 1 fully saturated rings. The average Bonchev–Trinajstić information content (AvgIpc) is 2.81. The highest BCUT2D eigenvalue weighted by molar-refractivity contribution is 4.60. The third-order valence-electron chi connectivity index (χ3n) is 3.48. The van der Waals surface area contributed by atoms with E-state index in [0.29, 0.717) is 0 Å². The van der Waals surface area contributed by atoms with Crippen molar-refractivity contribution in [2.24, 2.45) is 11.8 Å². The van der Waals surface area contributed by atoms with Crippen molar-refractivity contribution in [3.8, 4) is 0 Å². The van der Waals surface area contributed by atoms with Gasteiger partial charge >= 0.3 is 0 Å². The van der Waals surface area contributed by atoms with E-state index in [-0.39, 0.29) is 7.43 Å². The normalized spacial score (nSPS) is 15.7. The van der Waals surface area contributed by atoms with Gasteiger partial charge in [-0.05, 0) is 11.8 Å². The Balaban J connectivity index is -0.000000218. The van der Waals surface area contributed by atoms with Crippen LogP contribution in [0.15, 0.2) is 0 Å². The lowest BCUT2D eigenvalue weighted by Crippen LogP contribution is -1.92. The Labute approximate surface area is 119 Å². The maximum atomic E-state index is 2.36. The van der Waals surface area contributed by atoms with Crippen LogP contribution in [0.5, 0.6) is 0 Å². The van der Waals surface area contributed by atoms with Crippen molar-refractivity contribution in [2.45, 2.75) is 107 Å². The predicted molar refractivity (Wildman–Crippen MR) is 89.3 cm³/mol. The van der Waals surface area contributed by atoms with E-state index in [1.807, 2.05) is 13.8 Å². The van der Waals surface area contributed by atoms with E-state index in [2.05, 4.69) is 27.7 Å². The van der Waals surface area contributed by atoms with Crippen LogP contribution in [-0.4, -0.2) is 0 Å². The minimum Gasteiger partial charge on any atom is -0.0776 e.